The van der Waals surface area contributed by atoms with Crippen LogP contribution in [0.25, 0.3) is 0 Å². The Kier molecular flexibility index (Phi) is 2.92. The summed E-state index contributed by atoms with van der Waals surface area (Å²) in [7, 11) is 0. The van der Waals surface area contributed by atoms with Crippen LogP contribution in [-0.2, 0) is 9.53 Å². The Morgan fingerprint density at radius 2 is 1.94 bits per heavy atom. The molecule has 0 aromatic heterocycles. The second kappa shape index (κ2) is 4.00. The Hall–Kier alpha value is -1.06. The van der Waals surface area contributed by atoms with Gasteiger partial charge in [-0.15, -0.1) is 0 Å². The van der Waals surface area contributed by atoms with Crippen molar-refractivity contribution in [2.75, 3.05) is 13.1 Å². The Morgan fingerprint density at radius 1 is 1.35 bits per heavy atom. The summed E-state index contributed by atoms with van der Waals surface area (Å²) in [6.45, 7) is 9.21. The fraction of sp³-hybridized carbons (Fsp3) is 0.846. The van der Waals surface area contributed by atoms with Crippen molar-refractivity contribution in [3.05, 3.63) is 0 Å². The molecule has 1 aliphatic carbocycles. The molecular weight excluding hydrogens is 218 g/mol. The van der Waals surface area contributed by atoms with Crippen molar-refractivity contribution in [2.45, 2.75) is 33.3 Å². The van der Waals surface area contributed by atoms with Gasteiger partial charge in [0.05, 0.1) is 0 Å². The standard InChI is InChI=1S/C13H21NO3/c1-8-10(7-15)11(8)9-5-14(6-9)12(16)17-13(2,3)4/h7-11H,5-6H2,1-4H3/t8-,10-,11+/m1/s1. The predicted octanol–water partition coefficient (Wildman–Crippen LogP) is 1.93. The highest BCUT2D eigenvalue weighted by molar-refractivity contribution is 5.69. The second-order valence-corrected chi connectivity index (χ2v) is 6.30. The van der Waals surface area contributed by atoms with Gasteiger partial charge in [0.25, 0.3) is 0 Å². The van der Waals surface area contributed by atoms with E-state index in [0.717, 1.165) is 19.4 Å². The van der Waals surface area contributed by atoms with E-state index in [-0.39, 0.29) is 12.0 Å². The molecule has 2 fully saturated rings. The lowest BCUT2D eigenvalue weighted by Crippen LogP contribution is -2.52. The van der Waals surface area contributed by atoms with Crippen molar-refractivity contribution >= 4 is 12.4 Å². The number of nitrogens with zero attached hydrogens (tertiary/aromatic N) is 1. The maximum atomic E-state index is 11.7. The summed E-state index contributed by atoms with van der Waals surface area (Å²) in [4.78, 5) is 24.2. The van der Waals surface area contributed by atoms with Gasteiger partial charge in [-0.3, -0.25) is 0 Å². The summed E-state index contributed by atoms with van der Waals surface area (Å²) in [6.07, 6.45) is 0.829. The van der Waals surface area contributed by atoms with Crippen molar-refractivity contribution in [2.24, 2.45) is 23.7 Å². The van der Waals surface area contributed by atoms with E-state index in [1.807, 2.05) is 20.8 Å². The number of amides is 1. The lowest BCUT2D eigenvalue weighted by Gasteiger charge is -2.40. The van der Waals surface area contributed by atoms with Crippen LogP contribution < -0.4 is 0 Å². The predicted molar refractivity (Wildman–Crippen MR) is 63.5 cm³/mol. The molecule has 0 unspecified atom stereocenters. The first kappa shape index (κ1) is 12.4. The van der Waals surface area contributed by atoms with Gasteiger partial charge >= 0.3 is 6.09 Å². The largest absolute Gasteiger partial charge is 0.444 e. The zero-order valence-electron chi connectivity index (χ0n) is 11.0. The maximum Gasteiger partial charge on any atom is 0.410 e. The first-order valence-corrected chi connectivity index (χ1v) is 6.26. The lowest BCUT2D eigenvalue weighted by atomic mass is 9.93. The molecule has 4 heteroatoms. The van der Waals surface area contributed by atoms with Crippen LogP contribution in [-0.4, -0.2) is 36.0 Å². The Morgan fingerprint density at radius 3 is 2.35 bits per heavy atom. The van der Waals surface area contributed by atoms with Crippen LogP contribution >= 0.6 is 0 Å². The molecule has 96 valence electrons. The summed E-state index contributed by atoms with van der Waals surface area (Å²) in [5.74, 6) is 1.71. The third-order valence-corrected chi connectivity index (χ3v) is 3.78. The van der Waals surface area contributed by atoms with Crippen LogP contribution in [0.1, 0.15) is 27.7 Å². The van der Waals surface area contributed by atoms with Gasteiger partial charge in [-0.1, -0.05) is 6.92 Å². The third kappa shape index (κ3) is 2.45. The second-order valence-electron chi connectivity index (χ2n) is 6.30. The smallest absolute Gasteiger partial charge is 0.410 e. The van der Waals surface area contributed by atoms with Gasteiger partial charge < -0.3 is 14.4 Å². The molecule has 1 aliphatic heterocycles. The molecule has 0 aromatic rings. The summed E-state index contributed by atoms with van der Waals surface area (Å²) in [6, 6.07) is 0. The van der Waals surface area contributed by atoms with Crippen LogP contribution in [0.5, 0.6) is 0 Å². The van der Waals surface area contributed by atoms with Crippen molar-refractivity contribution in [1.82, 2.24) is 4.90 Å². The van der Waals surface area contributed by atoms with E-state index in [2.05, 4.69) is 6.92 Å². The molecule has 1 saturated carbocycles. The van der Waals surface area contributed by atoms with E-state index in [1.54, 1.807) is 4.90 Å². The molecule has 0 spiro atoms. The first-order valence-electron chi connectivity index (χ1n) is 6.26. The van der Waals surface area contributed by atoms with Crippen LogP contribution in [0.4, 0.5) is 4.79 Å². The molecule has 0 aromatic carbocycles. The highest BCUT2D eigenvalue weighted by atomic mass is 16.6. The minimum atomic E-state index is -0.430. The van der Waals surface area contributed by atoms with E-state index >= 15 is 0 Å². The SMILES string of the molecule is C[C@@H]1[C@@H](C=O)[C@@H]1C1CN(C(=O)OC(C)(C)C)C1. The van der Waals surface area contributed by atoms with Gasteiger partial charge in [0, 0.05) is 19.0 Å². The fourth-order valence-electron chi connectivity index (χ4n) is 2.72. The molecule has 4 nitrogen and oxygen atoms in total. The molecule has 2 rings (SSSR count). The molecule has 0 N–H and O–H groups in total. The Bertz CT molecular complexity index is 328. The van der Waals surface area contributed by atoms with Crippen molar-refractivity contribution in [3.8, 4) is 0 Å². The number of carbonyl (C=O) groups excluding carboxylic acids is 2. The van der Waals surface area contributed by atoms with Gasteiger partial charge in [-0.2, -0.15) is 0 Å². The quantitative estimate of drug-likeness (QED) is 0.692. The monoisotopic (exact) mass is 239 g/mol. The normalized spacial score (nSPS) is 32.9. The molecule has 17 heavy (non-hydrogen) atoms. The van der Waals surface area contributed by atoms with Gasteiger partial charge in [0.1, 0.15) is 11.9 Å². The number of carbonyl (C=O) groups is 2. The third-order valence-electron chi connectivity index (χ3n) is 3.78. The van der Waals surface area contributed by atoms with Crippen molar-refractivity contribution < 1.29 is 14.3 Å². The van der Waals surface area contributed by atoms with E-state index in [4.69, 9.17) is 4.74 Å². The average Bonchev–Trinajstić information content (AvgIpc) is 2.70. The zero-order valence-corrected chi connectivity index (χ0v) is 11.0. The van der Waals surface area contributed by atoms with Gasteiger partial charge in [0.2, 0.25) is 0 Å². The van der Waals surface area contributed by atoms with Crippen LogP contribution in [0, 0.1) is 23.7 Å². The molecule has 3 atom stereocenters. The highest BCUT2D eigenvalue weighted by Gasteiger charge is 2.54. The Labute approximate surface area is 102 Å². The topological polar surface area (TPSA) is 46.6 Å². The molecular formula is C13H21NO3. The lowest BCUT2D eigenvalue weighted by molar-refractivity contribution is -0.109. The van der Waals surface area contributed by atoms with Gasteiger partial charge in [-0.25, -0.2) is 4.79 Å². The number of aldehydes is 1. The summed E-state index contributed by atoms with van der Waals surface area (Å²) < 4.78 is 5.29. The minimum Gasteiger partial charge on any atom is -0.444 e. The van der Waals surface area contributed by atoms with Crippen LogP contribution in [0.15, 0.2) is 0 Å². The van der Waals surface area contributed by atoms with Crippen molar-refractivity contribution in [3.63, 3.8) is 0 Å². The molecule has 2 aliphatic rings. The average molecular weight is 239 g/mol. The summed E-state index contributed by atoms with van der Waals surface area (Å²) >= 11 is 0. The summed E-state index contributed by atoms with van der Waals surface area (Å²) in [5.41, 5.74) is -0.430. The number of hydrogen-bond donors (Lipinski definition) is 0. The van der Waals surface area contributed by atoms with E-state index in [1.165, 1.54) is 0 Å². The molecule has 1 heterocycles. The van der Waals surface area contributed by atoms with E-state index in [9.17, 15) is 9.59 Å². The first-order chi connectivity index (χ1) is 7.83. The number of likely N-dealkylation sites (tertiary alicyclic amines) is 1. The number of ether oxygens (including phenoxy) is 1. The molecule has 0 radical (unpaired) electrons. The van der Waals surface area contributed by atoms with Gasteiger partial charge in [-0.05, 0) is 38.5 Å². The minimum absolute atomic E-state index is 0.223. The molecule has 1 amide bonds. The molecule has 0 bridgehead atoms. The number of hydrogen-bond acceptors (Lipinski definition) is 3. The maximum absolute atomic E-state index is 11.7. The highest BCUT2D eigenvalue weighted by Crippen LogP contribution is 2.51. The van der Waals surface area contributed by atoms with Crippen LogP contribution in [0.2, 0.25) is 0 Å². The van der Waals surface area contributed by atoms with E-state index in [0.29, 0.717) is 17.8 Å². The Balaban J connectivity index is 1.76. The van der Waals surface area contributed by atoms with Crippen molar-refractivity contribution in [1.29, 1.82) is 0 Å². The zero-order chi connectivity index (χ0) is 12.8. The summed E-state index contributed by atoms with van der Waals surface area (Å²) in [5, 5.41) is 0. The van der Waals surface area contributed by atoms with E-state index < -0.39 is 5.60 Å². The van der Waals surface area contributed by atoms with Gasteiger partial charge in [0.15, 0.2) is 0 Å². The van der Waals surface area contributed by atoms with Crippen LogP contribution in [0.3, 0.4) is 0 Å². The number of rotatable bonds is 2. The molecule has 1 saturated heterocycles. The fourth-order valence-corrected chi connectivity index (χ4v) is 2.72.